The molecule has 0 saturated carbocycles. The van der Waals surface area contributed by atoms with E-state index in [4.69, 9.17) is 24.9 Å². The highest BCUT2D eigenvalue weighted by Crippen LogP contribution is 2.46. The lowest BCUT2D eigenvalue weighted by Crippen LogP contribution is -1.87. The van der Waals surface area contributed by atoms with E-state index in [-0.39, 0.29) is 5.82 Å². The van der Waals surface area contributed by atoms with E-state index >= 15 is 0 Å². The highest BCUT2D eigenvalue weighted by molar-refractivity contribution is 6.18. The Bertz CT molecular complexity index is 4170. The number of fused-ring (bicyclic) bond motifs is 24. The molecule has 0 unspecified atom stereocenters. The lowest BCUT2D eigenvalue weighted by Gasteiger charge is -2.09. The molecular weight excluding hydrogens is 778 g/mol. The molecule has 7 nitrogen and oxygen atoms in total. The fraction of sp³-hybridized carbons (Fsp3) is 0. The maximum absolute atomic E-state index is 14.8. The molecule has 5 heterocycles. The number of rotatable bonds is 1. The Kier molecular flexibility index (Phi) is 6.88. The zero-order chi connectivity index (χ0) is 41.3. The van der Waals surface area contributed by atoms with Gasteiger partial charge in [0.2, 0.25) is 0 Å². The van der Waals surface area contributed by atoms with Gasteiger partial charge in [-0.05, 0) is 109 Å². The van der Waals surface area contributed by atoms with Gasteiger partial charge >= 0.3 is 0 Å². The first kappa shape index (κ1) is 34.1. The second-order valence-electron chi connectivity index (χ2n) is 16.4. The van der Waals surface area contributed by atoms with Crippen molar-refractivity contribution in [3.8, 4) is 56.5 Å². The van der Waals surface area contributed by atoms with Gasteiger partial charge in [0.1, 0.15) is 22.8 Å². The summed E-state index contributed by atoms with van der Waals surface area (Å²) in [5.74, 6) is 1.33. The summed E-state index contributed by atoms with van der Waals surface area (Å²) in [6, 6.07) is 57.4. The second-order valence-corrected chi connectivity index (χ2v) is 16.4. The van der Waals surface area contributed by atoms with Gasteiger partial charge in [-0.25, -0.2) is 29.3 Å². The first-order valence-electron chi connectivity index (χ1n) is 20.9. The number of aromatic nitrogens is 7. The van der Waals surface area contributed by atoms with Gasteiger partial charge in [0, 0.05) is 49.4 Å². The molecule has 2 aliphatic heterocycles. The van der Waals surface area contributed by atoms with Crippen LogP contribution >= 0.6 is 0 Å². The largest absolute Gasteiger partial charge is 0.339 e. The predicted molar refractivity (Wildman–Crippen MR) is 254 cm³/mol. The Morgan fingerprint density at radius 1 is 0.333 bits per heavy atom. The summed E-state index contributed by atoms with van der Waals surface area (Å²) in [6.07, 6.45) is 0. The van der Waals surface area contributed by atoms with Crippen LogP contribution in [-0.2, 0) is 0 Å². The molecule has 0 fully saturated rings. The molecule has 3 aromatic heterocycles. The summed E-state index contributed by atoms with van der Waals surface area (Å²) in [5.41, 5.74) is 8.61. The van der Waals surface area contributed by atoms with E-state index in [1.165, 1.54) is 12.1 Å². The fourth-order valence-electron chi connectivity index (χ4n) is 9.70. The Morgan fingerprint density at radius 3 is 1.17 bits per heavy atom. The van der Waals surface area contributed by atoms with Gasteiger partial charge in [-0.15, -0.1) is 0 Å². The lowest BCUT2D eigenvalue weighted by molar-refractivity contribution is 0.628. The molecule has 12 aromatic rings. The van der Waals surface area contributed by atoms with Crippen molar-refractivity contribution in [3.63, 3.8) is 0 Å². The van der Waals surface area contributed by atoms with Gasteiger partial charge < -0.3 is 9.97 Å². The first-order valence-corrected chi connectivity index (χ1v) is 20.9. The summed E-state index contributed by atoms with van der Waals surface area (Å²) in [4.78, 5) is 34.4. The Morgan fingerprint density at radius 2 is 0.698 bits per heavy atom. The van der Waals surface area contributed by atoms with Crippen molar-refractivity contribution >= 4 is 87.1 Å². The van der Waals surface area contributed by atoms with Crippen LogP contribution in [0.2, 0.25) is 0 Å². The number of halogens is 1. The van der Waals surface area contributed by atoms with E-state index < -0.39 is 0 Å². The van der Waals surface area contributed by atoms with E-state index in [9.17, 15) is 4.39 Å². The number of hydrogen-bond donors (Lipinski definition) is 2. The van der Waals surface area contributed by atoms with Crippen molar-refractivity contribution in [1.82, 2.24) is 34.9 Å². The number of benzene rings is 9. The van der Waals surface area contributed by atoms with Crippen molar-refractivity contribution in [1.29, 1.82) is 0 Å². The van der Waals surface area contributed by atoms with Crippen LogP contribution in [-0.4, -0.2) is 34.9 Å². The van der Waals surface area contributed by atoms with Crippen molar-refractivity contribution in [2.45, 2.75) is 0 Å². The molecule has 9 aromatic carbocycles. The minimum Gasteiger partial charge on any atom is -0.339 e. The quantitative estimate of drug-likeness (QED) is 0.172. The van der Waals surface area contributed by atoms with Crippen LogP contribution in [0, 0.1) is 5.82 Å². The molecule has 8 heteroatoms. The molecule has 14 rings (SSSR count). The third-order valence-electron chi connectivity index (χ3n) is 12.7. The Hall–Kier alpha value is -8.62. The molecule has 2 N–H and O–H groups in total. The van der Waals surface area contributed by atoms with Crippen LogP contribution in [0.5, 0.6) is 0 Å². The topological polar surface area (TPSA) is 96.0 Å². The van der Waals surface area contributed by atoms with E-state index in [0.717, 1.165) is 104 Å². The number of nitrogens with zero attached hydrogens (tertiary/aromatic N) is 5. The van der Waals surface area contributed by atoms with E-state index in [1.54, 1.807) is 0 Å². The number of aromatic amines is 2. The minimum absolute atomic E-state index is 0.322. The summed E-state index contributed by atoms with van der Waals surface area (Å²) < 4.78 is 14.8. The molecule has 0 aliphatic carbocycles. The van der Waals surface area contributed by atoms with E-state index in [0.29, 0.717) is 40.1 Å². The SMILES string of the molecule is Fc1ccc(-c2c3nc(nc4[nH]c(nc5nc(nc6[nH]c2c2cc7ccccc7cc62)-c2cc6ccccc6cc2-5)c2cc5ccccc5cc42)-c2cc4ccccc4cc2-3)cc1. The Labute approximate surface area is 357 Å². The maximum Gasteiger partial charge on any atom is 0.164 e. The summed E-state index contributed by atoms with van der Waals surface area (Å²) >= 11 is 0. The van der Waals surface area contributed by atoms with Gasteiger partial charge in [-0.1, -0.05) is 109 Å². The van der Waals surface area contributed by atoms with E-state index in [1.807, 2.05) is 30.3 Å². The fourth-order valence-corrected chi connectivity index (χ4v) is 9.70. The van der Waals surface area contributed by atoms with Crippen LogP contribution < -0.4 is 0 Å². The number of nitrogens with one attached hydrogen (secondary N) is 2. The predicted octanol–water partition coefficient (Wildman–Crippen LogP) is 13.9. The van der Waals surface area contributed by atoms with Crippen LogP contribution in [0.1, 0.15) is 0 Å². The zero-order valence-electron chi connectivity index (χ0n) is 33.3. The van der Waals surface area contributed by atoms with Gasteiger partial charge in [0.25, 0.3) is 0 Å². The third kappa shape index (κ3) is 5.15. The van der Waals surface area contributed by atoms with Crippen molar-refractivity contribution < 1.29 is 4.39 Å². The summed E-state index contributed by atoms with van der Waals surface area (Å²) in [6.45, 7) is 0. The van der Waals surface area contributed by atoms with Gasteiger partial charge in [0.05, 0.1) is 11.2 Å². The van der Waals surface area contributed by atoms with Gasteiger partial charge in [-0.3, -0.25) is 0 Å². The standard InChI is InChI=1S/C55H30FN7/c56-38-19-17-29(18-20-38)47-48-39-21-30-9-1-3-11-32(30)23-41(39)50(57-48)59-52-43-25-34-13-5-7-15-36(34)27-45(43)54(61-52)63-55-46-28-37-16-8-6-14-35(37)26-44(46)53(62-55)60-51-42-24-33-12-4-2-10-31(33)22-40(42)49(47)58-51/h1-28H,(H2,57,58,59,60,61,62,63). The Balaban J connectivity index is 1.24. The van der Waals surface area contributed by atoms with Crippen LogP contribution in [0.3, 0.4) is 0 Å². The van der Waals surface area contributed by atoms with Crippen LogP contribution in [0.25, 0.3) is 144 Å². The second kappa shape index (κ2) is 12.7. The number of hydrogen-bond acceptors (Lipinski definition) is 5. The molecule has 63 heavy (non-hydrogen) atoms. The molecule has 292 valence electrons. The minimum atomic E-state index is -0.322. The molecule has 2 aliphatic rings. The lowest BCUT2D eigenvalue weighted by atomic mass is 9.94. The highest BCUT2D eigenvalue weighted by atomic mass is 19.1. The molecular formula is C55H30FN7. The summed E-state index contributed by atoms with van der Waals surface area (Å²) in [7, 11) is 0. The normalized spacial score (nSPS) is 12.2. The van der Waals surface area contributed by atoms with Crippen molar-refractivity contribution in [3.05, 3.63) is 176 Å². The van der Waals surface area contributed by atoms with Gasteiger partial charge in [-0.2, -0.15) is 0 Å². The monoisotopic (exact) mass is 807 g/mol. The van der Waals surface area contributed by atoms with Crippen molar-refractivity contribution in [2.24, 2.45) is 0 Å². The van der Waals surface area contributed by atoms with E-state index in [2.05, 4.69) is 137 Å². The smallest absolute Gasteiger partial charge is 0.164 e. The average Bonchev–Trinajstić information content (AvgIpc) is 4.04. The molecule has 0 amide bonds. The average molecular weight is 808 g/mol. The van der Waals surface area contributed by atoms with Gasteiger partial charge in [0.15, 0.2) is 17.5 Å². The molecule has 0 spiro atoms. The number of H-pyrrole nitrogens is 2. The third-order valence-corrected chi connectivity index (χ3v) is 12.7. The summed E-state index contributed by atoms with van der Waals surface area (Å²) in [5, 5.41) is 12.3. The molecule has 0 radical (unpaired) electrons. The highest BCUT2D eigenvalue weighted by Gasteiger charge is 2.26. The first-order chi connectivity index (χ1) is 31.1. The molecule has 0 atom stereocenters. The van der Waals surface area contributed by atoms with Crippen molar-refractivity contribution in [2.75, 3.05) is 0 Å². The molecule has 8 bridgehead atoms. The van der Waals surface area contributed by atoms with Crippen LogP contribution in [0.4, 0.5) is 4.39 Å². The van der Waals surface area contributed by atoms with Crippen LogP contribution in [0.15, 0.2) is 170 Å². The molecule has 0 saturated heterocycles. The maximum atomic E-state index is 14.8. The zero-order valence-corrected chi connectivity index (χ0v) is 33.3.